The van der Waals surface area contributed by atoms with Crippen LogP contribution in [-0.4, -0.2) is 51.8 Å². The van der Waals surface area contributed by atoms with Crippen LogP contribution in [0.4, 0.5) is 5.69 Å². The van der Waals surface area contributed by atoms with Gasteiger partial charge in [-0.2, -0.15) is 0 Å². The number of piperazine rings is 1. The van der Waals surface area contributed by atoms with Crippen molar-refractivity contribution in [2.45, 2.75) is 25.9 Å². The summed E-state index contributed by atoms with van der Waals surface area (Å²) in [7, 11) is 1.70. The second kappa shape index (κ2) is 8.33. The monoisotopic (exact) mass is 381 g/mol. The molecule has 2 heterocycles. The van der Waals surface area contributed by atoms with Crippen molar-refractivity contribution in [3.63, 3.8) is 0 Å². The standard InChI is InChI=1S/C23H29N3O2/c1-18-15-20-5-3-4-6-22(20)26(18)23(27)17-25-13-11-24(12-14-25)16-19-7-9-21(28-2)10-8-19/h3-10,18H,11-17H2,1-2H3/p+2/t18-/m1/s1. The fourth-order valence-electron chi connectivity index (χ4n) is 4.59. The highest BCUT2D eigenvalue weighted by atomic mass is 16.5. The van der Waals surface area contributed by atoms with Crippen LogP contribution in [0.15, 0.2) is 48.5 Å². The zero-order valence-electron chi connectivity index (χ0n) is 16.9. The van der Waals surface area contributed by atoms with Crippen molar-refractivity contribution in [3.05, 3.63) is 59.7 Å². The molecule has 0 radical (unpaired) electrons. The highest BCUT2D eigenvalue weighted by Crippen LogP contribution is 2.31. The van der Waals surface area contributed by atoms with E-state index in [2.05, 4.69) is 37.3 Å². The Morgan fingerprint density at radius 1 is 1.04 bits per heavy atom. The van der Waals surface area contributed by atoms with Crippen LogP contribution in [-0.2, 0) is 17.8 Å². The van der Waals surface area contributed by atoms with Crippen LogP contribution in [0.2, 0.25) is 0 Å². The van der Waals surface area contributed by atoms with Gasteiger partial charge in [-0.05, 0) is 49.2 Å². The lowest BCUT2D eigenvalue weighted by Crippen LogP contribution is -3.28. The zero-order chi connectivity index (χ0) is 19.5. The maximum atomic E-state index is 13.0. The molecule has 0 saturated carbocycles. The zero-order valence-corrected chi connectivity index (χ0v) is 16.9. The molecule has 2 N–H and O–H groups in total. The van der Waals surface area contributed by atoms with Crippen LogP contribution >= 0.6 is 0 Å². The van der Waals surface area contributed by atoms with Gasteiger partial charge in [0.15, 0.2) is 6.54 Å². The molecule has 4 rings (SSSR count). The van der Waals surface area contributed by atoms with E-state index in [1.165, 1.54) is 16.0 Å². The molecule has 5 nitrogen and oxygen atoms in total. The van der Waals surface area contributed by atoms with Gasteiger partial charge in [-0.25, -0.2) is 0 Å². The van der Waals surface area contributed by atoms with Crippen LogP contribution in [0.1, 0.15) is 18.1 Å². The number of methoxy groups -OCH3 is 1. The maximum Gasteiger partial charge on any atom is 0.282 e. The molecule has 1 fully saturated rings. The topological polar surface area (TPSA) is 38.4 Å². The van der Waals surface area contributed by atoms with E-state index in [0.717, 1.165) is 50.6 Å². The molecule has 0 bridgehead atoms. The molecule has 1 saturated heterocycles. The summed E-state index contributed by atoms with van der Waals surface area (Å²) in [6.45, 7) is 8.14. The first-order valence-electron chi connectivity index (χ1n) is 10.3. The largest absolute Gasteiger partial charge is 0.497 e. The second-order valence-corrected chi connectivity index (χ2v) is 8.15. The van der Waals surface area contributed by atoms with Gasteiger partial charge in [0.1, 0.15) is 38.5 Å². The van der Waals surface area contributed by atoms with Gasteiger partial charge in [-0.3, -0.25) is 4.79 Å². The molecule has 5 heteroatoms. The van der Waals surface area contributed by atoms with Gasteiger partial charge in [-0.15, -0.1) is 0 Å². The van der Waals surface area contributed by atoms with Crippen LogP contribution in [0.5, 0.6) is 5.75 Å². The minimum atomic E-state index is 0.269. The summed E-state index contributed by atoms with van der Waals surface area (Å²) in [6.07, 6.45) is 0.969. The molecule has 1 atom stereocenters. The molecule has 0 spiro atoms. The Morgan fingerprint density at radius 2 is 1.71 bits per heavy atom. The molecule has 2 aliphatic heterocycles. The molecule has 2 aromatic rings. The van der Waals surface area contributed by atoms with Gasteiger partial charge < -0.3 is 19.4 Å². The Hall–Kier alpha value is -2.37. The number of nitrogens with zero attached hydrogens (tertiary/aromatic N) is 1. The van der Waals surface area contributed by atoms with Crippen molar-refractivity contribution in [2.24, 2.45) is 0 Å². The molecule has 1 amide bonds. The fraction of sp³-hybridized carbons (Fsp3) is 0.435. The maximum absolute atomic E-state index is 13.0. The van der Waals surface area contributed by atoms with Crippen molar-refractivity contribution in [3.8, 4) is 5.75 Å². The molecule has 2 aromatic carbocycles. The van der Waals surface area contributed by atoms with E-state index in [-0.39, 0.29) is 11.9 Å². The number of nitrogens with one attached hydrogen (secondary N) is 2. The van der Waals surface area contributed by atoms with E-state index >= 15 is 0 Å². The Kier molecular flexibility index (Phi) is 5.64. The number of quaternary nitrogens is 2. The molecular weight excluding hydrogens is 350 g/mol. The third-order valence-electron chi connectivity index (χ3n) is 6.15. The van der Waals surface area contributed by atoms with Crippen molar-refractivity contribution in [1.29, 1.82) is 0 Å². The second-order valence-electron chi connectivity index (χ2n) is 8.15. The summed E-state index contributed by atoms with van der Waals surface area (Å²) in [4.78, 5) is 18.0. The predicted molar refractivity (Wildman–Crippen MR) is 110 cm³/mol. The number of fused-ring (bicyclic) bond motifs is 1. The van der Waals surface area contributed by atoms with Crippen molar-refractivity contribution < 1.29 is 19.3 Å². The predicted octanol–water partition coefficient (Wildman–Crippen LogP) is -0.0436. The molecule has 0 aliphatic carbocycles. The minimum Gasteiger partial charge on any atom is -0.497 e. The minimum absolute atomic E-state index is 0.269. The highest BCUT2D eigenvalue weighted by molar-refractivity contribution is 5.96. The van der Waals surface area contributed by atoms with Crippen LogP contribution in [0.3, 0.4) is 0 Å². The number of para-hydroxylation sites is 1. The van der Waals surface area contributed by atoms with E-state index in [1.807, 2.05) is 23.1 Å². The molecule has 28 heavy (non-hydrogen) atoms. The van der Waals surface area contributed by atoms with E-state index in [4.69, 9.17) is 4.74 Å². The summed E-state index contributed by atoms with van der Waals surface area (Å²) in [5.41, 5.74) is 3.76. The first kappa shape index (κ1) is 19.0. The molecule has 148 valence electrons. The normalized spacial score (nSPS) is 24.1. The lowest BCUT2D eigenvalue weighted by atomic mass is 10.1. The summed E-state index contributed by atoms with van der Waals surface area (Å²) in [6, 6.07) is 17.0. The molecule has 2 aliphatic rings. The fourth-order valence-corrected chi connectivity index (χ4v) is 4.59. The number of hydrogen-bond donors (Lipinski definition) is 2. The van der Waals surface area contributed by atoms with Crippen molar-refractivity contribution in [1.82, 2.24) is 0 Å². The first-order valence-corrected chi connectivity index (χ1v) is 10.3. The SMILES string of the molecule is COc1ccc(C[NH+]2CC[NH+](CC(=O)N3c4ccccc4C[C@H]3C)CC2)cc1. The van der Waals surface area contributed by atoms with E-state index in [0.29, 0.717) is 6.54 Å². The summed E-state index contributed by atoms with van der Waals surface area (Å²) >= 11 is 0. The quantitative estimate of drug-likeness (QED) is 0.763. The summed E-state index contributed by atoms with van der Waals surface area (Å²) in [5, 5.41) is 0. The van der Waals surface area contributed by atoms with E-state index < -0.39 is 0 Å². The average Bonchev–Trinajstić information content (AvgIpc) is 3.06. The van der Waals surface area contributed by atoms with Gasteiger partial charge >= 0.3 is 0 Å². The van der Waals surface area contributed by atoms with E-state index in [9.17, 15) is 4.79 Å². The number of benzene rings is 2. The van der Waals surface area contributed by atoms with Crippen LogP contribution < -0.4 is 19.4 Å². The third kappa shape index (κ3) is 4.05. The number of hydrogen-bond acceptors (Lipinski definition) is 2. The number of rotatable bonds is 5. The third-order valence-corrected chi connectivity index (χ3v) is 6.15. The Morgan fingerprint density at radius 3 is 2.43 bits per heavy atom. The number of amides is 1. The number of carbonyl (C=O) groups is 1. The summed E-state index contributed by atoms with van der Waals surface area (Å²) in [5.74, 6) is 1.18. The van der Waals surface area contributed by atoms with Gasteiger partial charge in [0.05, 0.1) is 7.11 Å². The van der Waals surface area contributed by atoms with Gasteiger partial charge in [0.2, 0.25) is 0 Å². The number of ether oxygens (including phenoxy) is 1. The highest BCUT2D eigenvalue weighted by Gasteiger charge is 2.33. The van der Waals surface area contributed by atoms with E-state index in [1.54, 1.807) is 12.0 Å². The van der Waals surface area contributed by atoms with Crippen LogP contribution in [0.25, 0.3) is 0 Å². The van der Waals surface area contributed by atoms with Gasteiger partial charge in [-0.1, -0.05) is 18.2 Å². The average molecular weight is 382 g/mol. The van der Waals surface area contributed by atoms with Gasteiger partial charge in [0, 0.05) is 17.3 Å². The summed E-state index contributed by atoms with van der Waals surface area (Å²) < 4.78 is 5.24. The molecule has 0 unspecified atom stereocenters. The lowest BCUT2D eigenvalue weighted by Gasteiger charge is -2.31. The number of carbonyl (C=O) groups excluding carboxylic acids is 1. The van der Waals surface area contributed by atoms with Crippen molar-refractivity contribution in [2.75, 3.05) is 44.7 Å². The Bertz CT molecular complexity index is 813. The van der Waals surface area contributed by atoms with Crippen LogP contribution in [0, 0.1) is 0 Å². The van der Waals surface area contributed by atoms with Gasteiger partial charge in [0.25, 0.3) is 5.91 Å². The molecule has 0 aromatic heterocycles. The molecular formula is C23H31N3O2+2. The Labute approximate surface area is 167 Å². The number of anilines is 1. The smallest absolute Gasteiger partial charge is 0.282 e. The first-order chi connectivity index (χ1) is 13.6. The van der Waals surface area contributed by atoms with Crippen molar-refractivity contribution >= 4 is 11.6 Å². The lowest BCUT2D eigenvalue weighted by molar-refractivity contribution is -1.02. The Balaban J connectivity index is 1.29.